The zero-order chi connectivity index (χ0) is 11.9. The molecule has 0 bridgehead atoms. The smallest absolute Gasteiger partial charge is 0.243 e. The Balaban J connectivity index is -0.000000464. The third kappa shape index (κ3) is 9.45. The van der Waals surface area contributed by atoms with Crippen LogP contribution in [0.15, 0.2) is 30.3 Å². The minimum atomic E-state index is -0.837. The number of rotatable bonds is 2. The van der Waals surface area contributed by atoms with Gasteiger partial charge < -0.3 is 18.5 Å². The standard InChI is InChI=1S/C10H14N2O.C2H6.CH3.Y/c1-10(2,11)9(13)12-8-6-4-3-5-7-8;1-2;;/h3-7H,11H2,1-2H3,(H,12,13);1-2H3;1H3;/q;;-1;. The van der Waals surface area contributed by atoms with E-state index in [1.807, 2.05) is 44.2 Å². The van der Waals surface area contributed by atoms with Crippen molar-refractivity contribution in [1.29, 1.82) is 0 Å². The van der Waals surface area contributed by atoms with Crippen LogP contribution in [-0.2, 0) is 37.5 Å². The van der Waals surface area contributed by atoms with E-state index >= 15 is 0 Å². The Morgan fingerprint density at radius 3 is 1.94 bits per heavy atom. The van der Waals surface area contributed by atoms with Gasteiger partial charge in [-0.1, -0.05) is 32.0 Å². The maximum absolute atomic E-state index is 11.4. The van der Waals surface area contributed by atoms with Gasteiger partial charge in [-0.25, -0.2) is 0 Å². The van der Waals surface area contributed by atoms with Gasteiger partial charge in [-0.2, -0.15) is 0 Å². The molecule has 1 amide bonds. The van der Waals surface area contributed by atoms with Gasteiger partial charge in [-0.05, 0) is 26.0 Å². The Morgan fingerprint density at radius 2 is 1.59 bits per heavy atom. The van der Waals surface area contributed by atoms with Crippen LogP contribution in [0.2, 0.25) is 0 Å². The van der Waals surface area contributed by atoms with E-state index in [-0.39, 0.29) is 46.0 Å². The molecule has 0 aliphatic heterocycles. The predicted octanol–water partition coefficient (Wildman–Crippen LogP) is 2.84. The summed E-state index contributed by atoms with van der Waals surface area (Å²) >= 11 is 0. The van der Waals surface area contributed by atoms with Gasteiger partial charge in [0, 0.05) is 38.4 Å². The van der Waals surface area contributed by atoms with Crippen molar-refractivity contribution in [3.63, 3.8) is 0 Å². The molecule has 1 aromatic carbocycles. The summed E-state index contributed by atoms with van der Waals surface area (Å²) in [7, 11) is 0. The minimum Gasteiger partial charge on any atom is -0.358 e. The number of hydrogen-bond acceptors (Lipinski definition) is 2. The van der Waals surface area contributed by atoms with E-state index in [2.05, 4.69) is 5.32 Å². The summed E-state index contributed by atoms with van der Waals surface area (Å²) in [4.78, 5) is 11.4. The zero-order valence-corrected chi connectivity index (χ0v) is 14.3. The molecule has 3 N–H and O–H groups in total. The fourth-order valence-corrected chi connectivity index (χ4v) is 0.814. The first-order valence-corrected chi connectivity index (χ1v) is 5.15. The third-order valence-corrected chi connectivity index (χ3v) is 1.62. The van der Waals surface area contributed by atoms with Gasteiger partial charge in [0.15, 0.2) is 0 Å². The van der Waals surface area contributed by atoms with Gasteiger partial charge in [0.05, 0.1) is 5.54 Å². The Labute approximate surface area is 130 Å². The Morgan fingerprint density at radius 1 is 1.18 bits per heavy atom. The van der Waals surface area contributed by atoms with Gasteiger partial charge in [0.2, 0.25) is 5.91 Å². The maximum Gasteiger partial charge on any atom is 0.243 e. The number of hydrogen-bond donors (Lipinski definition) is 2. The Bertz CT molecular complexity index is 294. The molecule has 1 rings (SSSR count). The molecule has 0 saturated carbocycles. The fourth-order valence-electron chi connectivity index (χ4n) is 0.814. The van der Waals surface area contributed by atoms with Crippen molar-refractivity contribution < 1.29 is 37.5 Å². The summed E-state index contributed by atoms with van der Waals surface area (Å²) in [6, 6.07) is 9.26. The maximum atomic E-state index is 11.4. The number of carbonyl (C=O) groups is 1. The summed E-state index contributed by atoms with van der Waals surface area (Å²) in [6.07, 6.45) is 0. The van der Waals surface area contributed by atoms with Crippen LogP contribution in [0.25, 0.3) is 0 Å². The molecule has 0 atom stereocenters. The Hall–Kier alpha value is -0.246. The van der Waals surface area contributed by atoms with E-state index in [0.29, 0.717) is 0 Å². The molecule has 0 saturated heterocycles. The van der Waals surface area contributed by atoms with Crippen LogP contribution < -0.4 is 11.1 Å². The zero-order valence-electron chi connectivity index (χ0n) is 11.4. The normalized spacial score (nSPS) is 8.76. The molecule has 3 nitrogen and oxygen atoms in total. The largest absolute Gasteiger partial charge is 0.358 e. The first-order chi connectivity index (χ1) is 7.00. The van der Waals surface area contributed by atoms with Crippen molar-refractivity contribution in [3.05, 3.63) is 37.8 Å². The molecule has 0 spiro atoms. The monoisotopic (exact) mass is 312 g/mol. The molecule has 0 aromatic heterocycles. The van der Waals surface area contributed by atoms with Crippen LogP contribution in [0.1, 0.15) is 27.7 Å². The van der Waals surface area contributed by atoms with Crippen molar-refractivity contribution in [2.45, 2.75) is 33.2 Å². The molecule has 0 aliphatic carbocycles. The van der Waals surface area contributed by atoms with E-state index in [1.165, 1.54) is 0 Å². The van der Waals surface area contributed by atoms with Crippen LogP contribution in [-0.4, -0.2) is 11.4 Å². The summed E-state index contributed by atoms with van der Waals surface area (Å²) in [5.74, 6) is -0.182. The SMILES string of the molecule is CC.CC(C)(N)C(=O)Nc1ccccc1.[CH3-].[Y]. The van der Waals surface area contributed by atoms with Crippen molar-refractivity contribution in [2.75, 3.05) is 5.32 Å². The van der Waals surface area contributed by atoms with Crippen LogP contribution in [0.3, 0.4) is 0 Å². The molecule has 0 fully saturated rings. The quantitative estimate of drug-likeness (QED) is 0.825. The van der Waals surface area contributed by atoms with Crippen LogP contribution >= 0.6 is 0 Å². The first-order valence-electron chi connectivity index (χ1n) is 5.15. The molecule has 4 heteroatoms. The molecular formula is C13H23N2OY-. The van der Waals surface area contributed by atoms with E-state index in [9.17, 15) is 4.79 Å². The van der Waals surface area contributed by atoms with Crippen molar-refractivity contribution in [3.8, 4) is 0 Å². The van der Waals surface area contributed by atoms with E-state index in [0.717, 1.165) is 5.69 Å². The number of anilines is 1. The van der Waals surface area contributed by atoms with E-state index in [4.69, 9.17) is 5.73 Å². The van der Waals surface area contributed by atoms with Gasteiger partial charge >= 0.3 is 0 Å². The second-order valence-corrected chi connectivity index (χ2v) is 3.54. The Kier molecular flexibility index (Phi) is 14.1. The van der Waals surface area contributed by atoms with Crippen molar-refractivity contribution >= 4 is 11.6 Å². The van der Waals surface area contributed by atoms with Crippen LogP contribution in [0.4, 0.5) is 5.69 Å². The molecule has 0 unspecified atom stereocenters. The average Bonchev–Trinajstić information content (AvgIpc) is 2.21. The summed E-state index contributed by atoms with van der Waals surface area (Å²) in [5.41, 5.74) is 5.55. The van der Waals surface area contributed by atoms with Gasteiger partial charge in [-0.15, -0.1) is 0 Å². The number of amides is 1. The number of carbonyl (C=O) groups excluding carboxylic acids is 1. The molecule has 17 heavy (non-hydrogen) atoms. The third-order valence-electron chi connectivity index (χ3n) is 1.62. The number of benzene rings is 1. The molecule has 0 aliphatic rings. The van der Waals surface area contributed by atoms with E-state index < -0.39 is 5.54 Å². The number of nitrogens with one attached hydrogen (secondary N) is 1. The molecule has 0 heterocycles. The second-order valence-electron chi connectivity index (χ2n) is 3.54. The predicted molar refractivity (Wildman–Crippen MR) is 71.1 cm³/mol. The van der Waals surface area contributed by atoms with Gasteiger partial charge in [0.1, 0.15) is 0 Å². The molecule has 95 valence electrons. The molecule has 1 aromatic rings. The topological polar surface area (TPSA) is 55.1 Å². The van der Waals surface area contributed by atoms with Crippen LogP contribution in [0, 0.1) is 7.43 Å². The molecule has 1 radical (unpaired) electrons. The van der Waals surface area contributed by atoms with Gasteiger partial charge in [-0.3, -0.25) is 4.79 Å². The number of nitrogens with two attached hydrogens (primary N) is 1. The number of para-hydroxylation sites is 1. The fraction of sp³-hybridized carbons (Fsp3) is 0.385. The first kappa shape index (κ1) is 22.0. The van der Waals surface area contributed by atoms with Crippen molar-refractivity contribution in [1.82, 2.24) is 0 Å². The second kappa shape index (κ2) is 10.9. The van der Waals surface area contributed by atoms with Gasteiger partial charge in [0.25, 0.3) is 0 Å². The molecular weight excluding hydrogens is 289 g/mol. The van der Waals surface area contributed by atoms with Crippen LogP contribution in [0.5, 0.6) is 0 Å². The minimum absolute atomic E-state index is 0. The summed E-state index contributed by atoms with van der Waals surface area (Å²) < 4.78 is 0. The van der Waals surface area contributed by atoms with E-state index in [1.54, 1.807) is 13.8 Å². The summed E-state index contributed by atoms with van der Waals surface area (Å²) in [6.45, 7) is 7.34. The average molecular weight is 312 g/mol. The van der Waals surface area contributed by atoms with Crippen molar-refractivity contribution in [2.24, 2.45) is 5.73 Å². The summed E-state index contributed by atoms with van der Waals surface area (Å²) in [5, 5.41) is 2.72.